The van der Waals surface area contributed by atoms with E-state index in [-0.39, 0.29) is 18.3 Å². The van der Waals surface area contributed by atoms with Gasteiger partial charge in [-0.05, 0) is 74.9 Å². The first-order valence-corrected chi connectivity index (χ1v) is 10.7. The summed E-state index contributed by atoms with van der Waals surface area (Å²) < 4.78 is 10.7. The molecule has 1 aliphatic carbocycles. The van der Waals surface area contributed by atoms with Gasteiger partial charge in [0.25, 0.3) is 0 Å². The normalized spacial score (nSPS) is 13.1. The van der Waals surface area contributed by atoms with Gasteiger partial charge in [-0.1, -0.05) is 6.42 Å². The number of aromatic hydroxyl groups is 1. The predicted octanol–water partition coefficient (Wildman–Crippen LogP) is 4.43. The minimum absolute atomic E-state index is 0.0372. The molecule has 170 valence electrons. The molecule has 32 heavy (non-hydrogen) atoms. The van der Waals surface area contributed by atoms with Crippen molar-refractivity contribution >= 4 is 29.2 Å². The molecule has 1 fully saturated rings. The lowest BCUT2D eigenvalue weighted by atomic mass is 9.83. The van der Waals surface area contributed by atoms with Crippen molar-refractivity contribution < 1.29 is 29.0 Å². The SMILES string of the molecule is CCOC(=O)C(=O)Nc1cc(C)c(Oc2ccc(O)c(NC(=O)CC3CCC3)c2)c(C)c1. The largest absolute Gasteiger partial charge is 0.506 e. The Morgan fingerprint density at radius 2 is 1.75 bits per heavy atom. The average molecular weight is 440 g/mol. The van der Waals surface area contributed by atoms with E-state index in [1.165, 1.54) is 6.07 Å². The van der Waals surface area contributed by atoms with Gasteiger partial charge >= 0.3 is 11.9 Å². The van der Waals surface area contributed by atoms with Crippen molar-refractivity contribution in [2.24, 2.45) is 5.92 Å². The van der Waals surface area contributed by atoms with Crippen LogP contribution in [0.5, 0.6) is 17.2 Å². The Balaban J connectivity index is 1.71. The van der Waals surface area contributed by atoms with E-state index in [2.05, 4.69) is 10.6 Å². The number of phenolic OH excluding ortho intramolecular Hbond substituents is 1. The fourth-order valence-corrected chi connectivity index (χ4v) is 3.52. The third kappa shape index (κ3) is 5.78. The van der Waals surface area contributed by atoms with Crippen molar-refractivity contribution in [2.45, 2.75) is 46.5 Å². The molecule has 0 aliphatic heterocycles. The van der Waals surface area contributed by atoms with Crippen LogP contribution in [0.25, 0.3) is 0 Å². The highest BCUT2D eigenvalue weighted by atomic mass is 16.5. The smallest absolute Gasteiger partial charge is 0.397 e. The van der Waals surface area contributed by atoms with Crippen LogP contribution in [0.4, 0.5) is 11.4 Å². The Morgan fingerprint density at radius 3 is 2.34 bits per heavy atom. The van der Waals surface area contributed by atoms with Crippen LogP contribution in [0, 0.1) is 19.8 Å². The van der Waals surface area contributed by atoms with Gasteiger partial charge in [0.05, 0.1) is 12.3 Å². The molecular weight excluding hydrogens is 412 g/mol. The van der Waals surface area contributed by atoms with E-state index in [0.29, 0.717) is 35.2 Å². The Morgan fingerprint density at radius 1 is 1.06 bits per heavy atom. The maximum Gasteiger partial charge on any atom is 0.397 e. The molecule has 0 radical (unpaired) electrons. The van der Waals surface area contributed by atoms with Gasteiger partial charge in [0.2, 0.25) is 5.91 Å². The minimum atomic E-state index is -0.945. The first-order chi connectivity index (χ1) is 15.3. The third-order valence-corrected chi connectivity index (χ3v) is 5.34. The van der Waals surface area contributed by atoms with Crippen molar-refractivity contribution in [1.29, 1.82) is 0 Å². The van der Waals surface area contributed by atoms with Crippen molar-refractivity contribution in [3.05, 3.63) is 41.5 Å². The maximum atomic E-state index is 12.2. The number of rotatable bonds is 7. The molecule has 8 nitrogen and oxygen atoms in total. The molecule has 3 rings (SSSR count). The molecule has 0 heterocycles. The summed E-state index contributed by atoms with van der Waals surface area (Å²) in [5.74, 6) is -0.530. The van der Waals surface area contributed by atoms with E-state index in [1.54, 1.807) is 31.2 Å². The number of hydrogen-bond acceptors (Lipinski definition) is 6. The Bertz CT molecular complexity index is 1010. The summed E-state index contributed by atoms with van der Waals surface area (Å²) >= 11 is 0. The summed E-state index contributed by atoms with van der Waals surface area (Å²) in [6, 6.07) is 8.00. The zero-order valence-electron chi connectivity index (χ0n) is 18.5. The zero-order valence-corrected chi connectivity index (χ0v) is 18.5. The van der Waals surface area contributed by atoms with E-state index in [1.807, 2.05) is 13.8 Å². The number of carbonyl (C=O) groups is 3. The van der Waals surface area contributed by atoms with E-state index in [0.717, 1.165) is 30.4 Å². The number of carbonyl (C=O) groups excluding carboxylic acids is 3. The quantitative estimate of drug-likeness (QED) is 0.333. The standard InChI is InChI=1S/C24H28N2O6/c1-4-31-24(30)23(29)25-17-10-14(2)22(15(3)11-17)32-18-8-9-20(27)19(13-18)26-21(28)12-16-6-5-7-16/h8-11,13,16,27H,4-7,12H2,1-3H3,(H,25,29)(H,26,28). The summed E-state index contributed by atoms with van der Waals surface area (Å²) in [5, 5.41) is 15.4. The fourth-order valence-electron chi connectivity index (χ4n) is 3.52. The molecule has 2 aromatic rings. The molecule has 0 unspecified atom stereocenters. The summed E-state index contributed by atoms with van der Waals surface area (Å²) in [6.07, 6.45) is 3.74. The Labute approximate surface area is 186 Å². The second kappa shape index (κ2) is 10.2. The van der Waals surface area contributed by atoms with Gasteiger partial charge in [0, 0.05) is 18.2 Å². The van der Waals surface area contributed by atoms with Crippen LogP contribution in [-0.4, -0.2) is 29.5 Å². The van der Waals surface area contributed by atoms with Crippen molar-refractivity contribution in [1.82, 2.24) is 0 Å². The molecule has 0 aromatic heterocycles. The van der Waals surface area contributed by atoms with Gasteiger partial charge < -0.3 is 25.2 Å². The van der Waals surface area contributed by atoms with Gasteiger partial charge in [-0.3, -0.25) is 9.59 Å². The second-order valence-corrected chi connectivity index (χ2v) is 7.94. The first kappa shape index (κ1) is 23.1. The highest BCUT2D eigenvalue weighted by molar-refractivity contribution is 6.37. The molecule has 2 amide bonds. The topological polar surface area (TPSA) is 114 Å². The molecule has 0 atom stereocenters. The molecule has 8 heteroatoms. The van der Waals surface area contributed by atoms with Crippen LogP contribution < -0.4 is 15.4 Å². The van der Waals surface area contributed by atoms with E-state index >= 15 is 0 Å². The van der Waals surface area contributed by atoms with Gasteiger partial charge in [0.15, 0.2) is 0 Å². The van der Waals surface area contributed by atoms with Crippen LogP contribution in [0.15, 0.2) is 30.3 Å². The van der Waals surface area contributed by atoms with Crippen LogP contribution in [0.3, 0.4) is 0 Å². The number of hydrogen-bond donors (Lipinski definition) is 3. The predicted molar refractivity (Wildman–Crippen MR) is 120 cm³/mol. The summed E-state index contributed by atoms with van der Waals surface area (Å²) in [6.45, 7) is 5.36. The maximum absolute atomic E-state index is 12.2. The van der Waals surface area contributed by atoms with E-state index in [4.69, 9.17) is 9.47 Å². The van der Waals surface area contributed by atoms with Gasteiger partial charge in [-0.15, -0.1) is 0 Å². The van der Waals surface area contributed by atoms with Gasteiger partial charge in [-0.2, -0.15) is 0 Å². The number of phenols is 1. The molecule has 1 aliphatic rings. The first-order valence-electron chi connectivity index (χ1n) is 10.7. The lowest BCUT2D eigenvalue weighted by Crippen LogP contribution is -2.25. The Hall–Kier alpha value is -3.55. The van der Waals surface area contributed by atoms with Crippen LogP contribution >= 0.6 is 0 Å². The van der Waals surface area contributed by atoms with Crippen molar-refractivity contribution in [3.8, 4) is 17.2 Å². The number of aryl methyl sites for hydroxylation is 2. The number of benzene rings is 2. The number of ether oxygens (including phenoxy) is 2. The summed E-state index contributed by atoms with van der Waals surface area (Å²) in [5.41, 5.74) is 2.20. The number of esters is 1. The average Bonchev–Trinajstić information content (AvgIpc) is 2.70. The van der Waals surface area contributed by atoms with Crippen molar-refractivity contribution in [2.75, 3.05) is 17.2 Å². The molecule has 1 saturated carbocycles. The number of anilines is 2. The second-order valence-electron chi connectivity index (χ2n) is 7.94. The van der Waals surface area contributed by atoms with Crippen LogP contribution in [0.1, 0.15) is 43.7 Å². The highest BCUT2D eigenvalue weighted by Gasteiger charge is 2.21. The number of nitrogens with one attached hydrogen (secondary N) is 2. The van der Waals surface area contributed by atoms with E-state index < -0.39 is 11.9 Å². The van der Waals surface area contributed by atoms with Crippen LogP contribution in [-0.2, 0) is 19.1 Å². The molecule has 0 spiro atoms. The molecule has 0 saturated heterocycles. The Kier molecular flexibility index (Phi) is 7.35. The monoisotopic (exact) mass is 440 g/mol. The molecule has 2 aromatic carbocycles. The molecule has 0 bridgehead atoms. The third-order valence-electron chi connectivity index (χ3n) is 5.34. The van der Waals surface area contributed by atoms with Gasteiger partial charge in [0.1, 0.15) is 17.2 Å². The van der Waals surface area contributed by atoms with E-state index in [9.17, 15) is 19.5 Å². The fraction of sp³-hybridized carbons (Fsp3) is 0.375. The minimum Gasteiger partial charge on any atom is -0.506 e. The van der Waals surface area contributed by atoms with Crippen LogP contribution in [0.2, 0.25) is 0 Å². The highest BCUT2D eigenvalue weighted by Crippen LogP contribution is 2.36. The summed E-state index contributed by atoms with van der Waals surface area (Å²) in [7, 11) is 0. The van der Waals surface area contributed by atoms with Crippen molar-refractivity contribution in [3.63, 3.8) is 0 Å². The summed E-state index contributed by atoms with van der Waals surface area (Å²) in [4.78, 5) is 35.6. The zero-order chi connectivity index (χ0) is 23.3. The van der Waals surface area contributed by atoms with Gasteiger partial charge in [-0.25, -0.2) is 4.79 Å². The number of amides is 2. The molecular formula is C24H28N2O6. The molecule has 3 N–H and O–H groups in total. The lowest BCUT2D eigenvalue weighted by Gasteiger charge is -2.24. The lowest BCUT2D eigenvalue weighted by molar-refractivity contribution is -0.152.